The maximum Gasteiger partial charge on any atom is 0.225 e. The summed E-state index contributed by atoms with van der Waals surface area (Å²) in [6, 6.07) is 5.71. The average Bonchev–Trinajstić information content (AvgIpc) is 2.62. The van der Waals surface area contributed by atoms with Crippen LogP contribution < -0.4 is 9.64 Å². The normalized spacial score (nSPS) is 20.6. The lowest BCUT2D eigenvalue weighted by Crippen LogP contribution is -2.43. The number of aliphatic hydroxyl groups excluding tert-OH is 1. The Kier molecular flexibility index (Phi) is 5.99. The molecule has 0 aliphatic carbocycles. The Labute approximate surface area is 157 Å². The molecule has 0 bridgehead atoms. The first-order valence-electron chi connectivity index (χ1n) is 8.33. The highest BCUT2D eigenvalue weighted by Crippen LogP contribution is 2.27. The smallest absolute Gasteiger partial charge is 0.225 e. The van der Waals surface area contributed by atoms with E-state index in [1.165, 1.54) is 0 Å². The highest BCUT2D eigenvalue weighted by atomic mass is 35.5. The molecule has 2 aromatic rings. The van der Waals surface area contributed by atoms with Gasteiger partial charge in [0.05, 0.1) is 12.4 Å². The molecule has 0 unspecified atom stereocenters. The minimum Gasteiger partial charge on any atom is -0.486 e. The summed E-state index contributed by atoms with van der Waals surface area (Å²) in [4.78, 5) is 11.0. The van der Waals surface area contributed by atoms with Crippen LogP contribution in [0.25, 0.3) is 0 Å². The van der Waals surface area contributed by atoms with Crippen molar-refractivity contribution in [3.05, 3.63) is 46.2 Å². The van der Waals surface area contributed by atoms with Crippen molar-refractivity contribution in [2.45, 2.75) is 32.4 Å². The molecular weight excluding hydrogens is 361 g/mol. The summed E-state index contributed by atoms with van der Waals surface area (Å²) in [7, 11) is 0. The first-order chi connectivity index (χ1) is 12.1. The van der Waals surface area contributed by atoms with Crippen LogP contribution in [-0.4, -0.2) is 34.3 Å². The Balaban J connectivity index is 1.66. The van der Waals surface area contributed by atoms with Gasteiger partial charge in [0.25, 0.3) is 0 Å². The van der Waals surface area contributed by atoms with E-state index < -0.39 is 0 Å². The number of aliphatic hydroxyl groups is 1. The van der Waals surface area contributed by atoms with Gasteiger partial charge >= 0.3 is 0 Å². The molecule has 7 heteroatoms. The Morgan fingerprint density at radius 3 is 2.52 bits per heavy atom. The largest absolute Gasteiger partial charge is 0.486 e. The van der Waals surface area contributed by atoms with Crippen molar-refractivity contribution in [3.8, 4) is 5.75 Å². The molecule has 0 radical (unpaired) electrons. The van der Waals surface area contributed by atoms with Crippen molar-refractivity contribution >= 4 is 29.2 Å². The van der Waals surface area contributed by atoms with Crippen molar-refractivity contribution in [3.63, 3.8) is 0 Å². The standard InChI is InChI=1S/C18H21Cl2N3O2/c1-12-5-6-13(10-24)9-23(12)18-21-7-14(8-22-18)25-11-15-16(19)3-2-4-17(15)20/h2-4,7-8,12-13,24H,5-6,9-11H2,1H3/t12-,13+/m0/s1. The second kappa shape index (κ2) is 8.21. The predicted octanol–water partition coefficient (Wildman–Crippen LogP) is 3.96. The first kappa shape index (κ1) is 18.2. The minimum atomic E-state index is 0.197. The number of hydrogen-bond acceptors (Lipinski definition) is 5. The van der Waals surface area contributed by atoms with Crippen molar-refractivity contribution < 1.29 is 9.84 Å². The third-order valence-electron chi connectivity index (χ3n) is 4.55. The molecule has 0 saturated carbocycles. The molecule has 1 aliphatic heterocycles. The molecule has 1 aliphatic rings. The molecule has 134 valence electrons. The van der Waals surface area contributed by atoms with Gasteiger partial charge in [0.2, 0.25) is 5.95 Å². The van der Waals surface area contributed by atoms with Crippen LogP contribution in [0.4, 0.5) is 5.95 Å². The van der Waals surface area contributed by atoms with Crippen LogP contribution in [0.5, 0.6) is 5.75 Å². The van der Waals surface area contributed by atoms with E-state index >= 15 is 0 Å². The number of ether oxygens (including phenoxy) is 1. The zero-order valence-corrected chi connectivity index (χ0v) is 15.5. The number of benzene rings is 1. The Morgan fingerprint density at radius 1 is 1.20 bits per heavy atom. The van der Waals surface area contributed by atoms with Crippen molar-refractivity contribution in [1.82, 2.24) is 9.97 Å². The van der Waals surface area contributed by atoms with Crippen LogP contribution >= 0.6 is 23.2 Å². The van der Waals surface area contributed by atoms with E-state index in [1.807, 2.05) is 0 Å². The van der Waals surface area contributed by atoms with Gasteiger partial charge in [-0.25, -0.2) is 9.97 Å². The van der Waals surface area contributed by atoms with Gasteiger partial charge in [0, 0.05) is 34.8 Å². The average molecular weight is 382 g/mol. The fourth-order valence-electron chi connectivity index (χ4n) is 2.97. The number of rotatable bonds is 5. The molecule has 1 saturated heterocycles. The van der Waals surface area contributed by atoms with Gasteiger partial charge in [-0.05, 0) is 37.8 Å². The molecule has 1 fully saturated rings. The van der Waals surface area contributed by atoms with Crippen molar-refractivity contribution in [2.24, 2.45) is 5.92 Å². The molecule has 1 aromatic carbocycles. The van der Waals surface area contributed by atoms with E-state index in [2.05, 4.69) is 21.8 Å². The summed E-state index contributed by atoms with van der Waals surface area (Å²) in [6.45, 7) is 3.38. The quantitative estimate of drug-likeness (QED) is 0.848. The number of piperidine rings is 1. The van der Waals surface area contributed by atoms with Crippen LogP contribution in [0.2, 0.25) is 10.0 Å². The van der Waals surface area contributed by atoms with Crippen LogP contribution in [0.1, 0.15) is 25.3 Å². The van der Waals surface area contributed by atoms with Gasteiger partial charge in [-0.3, -0.25) is 0 Å². The monoisotopic (exact) mass is 381 g/mol. The van der Waals surface area contributed by atoms with E-state index in [4.69, 9.17) is 27.9 Å². The molecule has 0 amide bonds. The van der Waals surface area contributed by atoms with Gasteiger partial charge in [0.1, 0.15) is 6.61 Å². The van der Waals surface area contributed by atoms with Crippen molar-refractivity contribution in [1.29, 1.82) is 0 Å². The summed E-state index contributed by atoms with van der Waals surface area (Å²) in [6.07, 6.45) is 5.37. The van der Waals surface area contributed by atoms with E-state index in [0.717, 1.165) is 24.9 Å². The highest BCUT2D eigenvalue weighted by molar-refractivity contribution is 6.35. The zero-order valence-electron chi connectivity index (χ0n) is 14.0. The molecule has 5 nitrogen and oxygen atoms in total. The fourth-order valence-corrected chi connectivity index (χ4v) is 3.47. The number of nitrogens with zero attached hydrogens (tertiary/aromatic N) is 3. The van der Waals surface area contributed by atoms with Crippen molar-refractivity contribution in [2.75, 3.05) is 18.1 Å². The Morgan fingerprint density at radius 2 is 1.88 bits per heavy atom. The third kappa shape index (κ3) is 4.35. The summed E-state index contributed by atoms with van der Waals surface area (Å²) in [5, 5.41) is 10.5. The lowest BCUT2D eigenvalue weighted by Gasteiger charge is -2.37. The molecule has 0 spiro atoms. The molecular formula is C18H21Cl2N3O2. The minimum absolute atomic E-state index is 0.197. The molecule has 1 aromatic heterocycles. The van der Waals surface area contributed by atoms with E-state index in [-0.39, 0.29) is 19.1 Å². The van der Waals surface area contributed by atoms with Gasteiger partial charge in [0.15, 0.2) is 5.75 Å². The molecule has 2 heterocycles. The van der Waals surface area contributed by atoms with Gasteiger partial charge < -0.3 is 14.7 Å². The second-order valence-electron chi connectivity index (χ2n) is 6.33. The maximum absolute atomic E-state index is 9.40. The van der Waals surface area contributed by atoms with E-state index in [0.29, 0.717) is 27.8 Å². The summed E-state index contributed by atoms with van der Waals surface area (Å²) in [5.74, 6) is 1.50. The summed E-state index contributed by atoms with van der Waals surface area (Å²) in [5.41, 5.74) is 0.741. The SMILES string of the molecule is C[C@H]1CC[C@@H](CO)CN1c1ncc(OCc2c(Cl)cccc2Cl)cn1. The summed E-state index contributed by atoms with van der Waals surface area (Å²) >= 11 is 12.3. The topological polar surface area (TPSA) is 58.5 Å². The maximum atomic E-state index is 9.40. The van der Waals surface area contributed by atoms with E-state index in [1.54, 1.807) is 30.6 Å². The van der Waals surface area contributed by atoms with Gasteiger partial charge in [-0.15, -0.1) is 0 Å². The molecule has 1 N–H and O–H groups in total. The first-order valence-corrected chi connectivity index (χ1v) is 9.09. The lowest BCUT2D eigenvalue weighted by molar-refractivity contribution is 0.199. The second-order valence-corrected chi connectivity index (χ2v) is 7.15. The van der Waals surface area contributed by atoms with Crippen LogP contribution in [0, 0.1) is 5.92 Å². The highest BCUT2D eigenvalue weighted by Gasteiger charge is 2.26. The van der Waals surface area contributed by atoms with E-state index in [9.17, 15) is 5.11 Å². The zero-order chi connectivity index (χ0) is 17.8. The molecule has 3 rings (SSSR count). The lowest BCUT2D eigenvalue weighted by atomic mass is 9.94. The van der Waals surface area contributed by atoms with Gasteiger partial charge in [-0.1, -0.05) is 29.3 Å². The number of aromatic nitrogens is 2. The predicted molar refractivity (Wildman–Crippen MR) is 99.4 cm³/mol. The fraction of sp³-hybridized carbons (Fsp3) is 0.444. The van der Waals surface area contributed by atoms with Crippen LogP contribution in [-0.2, 0) is 6.61 Å². The van der Waals surface area contributed by atoms with Crippen LogP contribution in [0.15, 0.2) is 30.6 Å². The molecule has 2 atom stereocenters. The molecule has 25 heavy (non-hydrogen) atoms. The third-order valence-corrected chi connectivity index (χ3v) is 5.26. The van der Waals surface area contributed by atoms with Crippen LogP contribution in [0.3, 0.4) is 0 Å². The Bertz CT molecular complexity index is 692. The number of halogens is 2. The summed E-state index contributed by atoms with van der Waals surface area (Å²) < 4.78 is 5.71. The number of anilines is 1. The van der Waals surface area contributed by atoms with Gasteiger partial charge in [-0.2, -0.15) is 0 Å². The Hall–Kier alpha value is -1.56. The number of hydrogen-bond donors (Lipinski definition) is 1.